The number of nitrogens with zero attached hydrogens (tertiary/aromatic N) is 3. The van der Waals surface area contributed by atoms with Gasteiger partial charge in [0.15, 0.2) is 0 Å². The summed E-state index contributed by atoms with van der Waals surface area (Å²) in [5.41, 5.74) is 2.17. The maximum atomic E-state index is 12.4. The molecule has 9 heteroatoms. The van der Waals surface area contributed by atoms with Crippen LogP contribution < -0.4 is 9.46 Å². The quantitative estimate of drug-likeness (QED) is 0.640. The molecule has 0 saturated heterocycles. The summed E-state index contributed by atoms with van der Waals surface area (Å²) >= 11 is 1.23. The molecule has 2 aromatic heterocycles. The third-order valence-corrected chi connectivity index (χ3v) is 6.66. The highest BCUT2D eigenvalue weighted by Gasteiger charge is 2.16. The van der Waals surface area contributed by atoms with Crippen molar-refractivity contribution in [2.45, 2.75) is 37.8 Å². The predicted octanol–water partition coefficient (Wildman–Crippen LogP) is 3.96. The number of hydrogen-bond donors (Lipinski definition) is 1. The average Bonchev–Trinajstić information content (AvgIpc) is 3.10. The van der Waals surface area contributed by atoms with E-state index in [2.05, 4.69) is 19.9 Å². The van der Waals surface area contributed by atoms with E-state index in [4.69, 9.17) is 4.74 Å². The fraction of sp³-hybridized carbons (Fsp3) is 0.278. The molecule has 0 amide bonds. The fourth-order valence-electron chi connectivity index (χ4n) is 2.42. The number of anilines is 1. The minimum Gasteiger partial charge on any atom is -0.423 e. The Morgan fingerprint density at radius 2 is 1.70 bits per heavy atom. The van der Waals surface area contributed by atoms with Crippen LogP contribution in [0, 0.1) is 6.92 Å². The van der Waals surface area contributed by atoms with E-state index in [1.807, 2.05) is 20.8 Å². The van der Waals surface area contributed by atoms with E-state index in [9.17, 15) is 8.42 Å². The van der Waals surface area contributed by atoms with Crippen LogP contribution in [0.1, 0.15) is 30.1 Å². The smallest absolute Gasteiger partial charge is 0.341 e. The Bertz CT molecular complexity index is 1030. The number of ether oxygens (including phenoxy) is 1. The maximum Gasteiger partial charge on any atom is 0.341 e. The number of rotatable bonds is 7. The summed E-state index contributed by atoms with van der Waals surface area (Å²) in [6.45, 7) is 5.87. The van der Waals surface area contributed by atoms with Gasteiger partial charge in [0, 0.05) is 10.6 Å². The Labute approximate surface area is 162 Å². The number of sulfonamides is 1. The number of aromatic nitrogens is 3. The molecule has 27 heavy (non-hydrogen) atoms. The molecular formula is C18H20N4O3S2. The first-order valence-corrected chi connectivity index (χ1v) is 10.8. The molecule has 0 spiro atoms. The zero-order valence-electron chi connectivity index (χ0n) is 15.3. The van der Waals surface area contributed by atoms with Crippen LogP contribution in [0.25, 0.3) is 0 Å². The molecular weight excluding hydrogens is 384 g/mol. The van der Waals surface area contributed by atoms with E-state index in [-0.39, 0.29) is 10.2 Å². The molecule has 142 valence electrons. The van der Waals surface area contributed by atoms with Crippen molar-refractivity contribution in [3.05, 3.63) is 52.7 Å². The third-order valence-electron chi connectivity index (χ3n) is 3.79. The first-order chi connectivity index (χ1) is 12.9. The van der Waals surface area contributed by atoms with E-state index < -0.39 is 10.0 Å². The van der Waals surface area contributed by atoms with E-state index in [0.717, 1.165) is 29.1 Å². The predicted molar refractivity (Wildman–Crippen MR) is 105 cm³/mol. The lowest BCUT2D eigenvalue weighted by Gasteiger charge is -2.09. The van der Waals surface area contributed by atoms with Crippen molar-refractivity contribution in [3.63, 3.8) is 0 Å². The van der Waals surface area contributed by atoms with E-state index in [0.29, 0.717) is 11.4 Å². The molecule has 0 unspecified atom stereocenters. The van der Waals surface area contributed by atoms with Crippen LogP contribution in [0.5, 0.6) is 11.8 Å². The van der Waals surface area contributed by atoms with Crippen LogP contribution in [-0.2, 0) is 22.9 Å². The van der Waals surface area contributed by atoms with Gasteiger partial charge in [-0.25, -0.2) is 8.42 Å². The first kappa shape index (κ1) is 19.2. The van der Waals surface area contributed by atoms with E-state index in [1.54, 1.807) is 36.4 Å². The molecule has 1 aromatic carbocycles. The van der Waals surface area contributed by atoms with Crippen molar-refractivity contribution in [1.29, 1.82) is 0 Å². The molecule has 0 saturated carbocycles. The molecule has 1 N–H and O–H groups in total. The molecule has 0 bridgehead atoms. The maximum absolute atomic E-state index is 12.4. The molecule has 0 aliphatic heterocycles. The number of nitrogens with one attached hydrogen (secondary N) is 1. The molecule has 0 aliphatic carbocycles. The summed E-state index contributed by atoms with van der Waals surface area (Å²) in [6.07, 6.45) is 1.51. The van der Waals surface area contributed by atoms with E-state index in [1.165, 1.54) is 11.3 Å². The van der Waals surface area contributed by atoms with Gasteiger partial charge in [-0.15, -0.1) is 16.4 Å². The van der Waals surface area contributed by atoms with Crippen molar-refractivity contribution in [2.24, 2.45) is 0 Å². The minimum atomic E-state index is -3.59. The Balaban J connectivity index is 1.72. The number of thiophene rings is 1. The van der Waals surface area contributed by atoms with Crippen molar-refractivity contribution >= 4 is 27.0 Å². The van der Waals surface area contributed by atoms with Gasteiger partial charge >= 0.3 is 6.01 Å². The summed E-state index contributed by atoms with van der Waals surface area (Å²) in [5.74, 6) is 0.498. The molecule has 3 aromatic rings. The normalized spacial score (nSPS) is 11.4. The number of aryl methyl sites for hydroxylation is 3. The van der Waals surface area contributed by atoms with Crippen molar-refractivity contribution in [3.8, 4) is 11.8 Å². The summed E-state index contributed by atoms with van der Waals surface area (Å²) in [6, 6.07) is 10.1. The van der Waals surface area contributed by atoms with Crippen molar-refractivity contribution < 1.29 is 13.2 Å². The second-order valence-electron chi connectivity index (χ2n) is 5.79. The monoisotopic (exact) mass is 404 g/mol. The highest BCUT2D eigenvalue weighted by molar-refractivity contribution is 7.94. The van der Waals surface area contributed by atoms with Gasteiger partial charge in [-0.1, -0.05) is 18.9 Å². The molecule has 7 nitrogen and oxygen atoms in total. The Morgan fingerprint density at radius 1 is 1.00 bits per heavy atom. The summed E-state index contributed by atoms with van der Waals surface area (Å²) in [4.78, 5) is 5.31. The lowest BCUT2D eigenvalue weighted by Crippen LogP contribution is -2.11. The summed E-state index contributed by atoms with van der Waals surface area (Å²) in [5, 5.41) is 8.12. The molecule has 0 atom stereocenters. The van der Waals surface area contributed by atoms with Gasteiger partial charge < -0.3 is 4.74 Å². The molecule has 3 rings (SSSR count). The average molecular weight is 405 g/mol. The van der Waals surface area contributed by atoms with Gasteiger partial charge in [0.05, 0.1) is 11.4 Å². The van der Waals surface area contributed by atoms with E-state index >= 15 is 0 Å². The van der Waals surface area contributed by atoms with Crippen molar-refractivity contribution in [1.82, 2.24) is 15.2 Å². The fourth-order valence-corrected chi connectivity index (χ4v) is 4.76. The Morgan fingerprint density at radius 3 is 2.30 bits per heavy atom. The van der Waals surface area contributed by atoms with Crippen LogP contribution in [0.2, 0.25) is 0 Å². The zero-order valence-corrected chi connectivity index (χ0v) is 16.9. The summed E-state index contributed by atoms with van der Waals surface area (Å²) < 4.78 is 33.2. The topological polar surface area (TPSA) is 94.1 Å². The Hall–Kier alpha value is -2.52. The lowest BCUT2D eigenvalue weighted by atomic mass is 10.2. The number of hydrogen-bond acceptors (Lipinski definition) is 7. The van der Waals surface area contributed by atoms with Gasteiger partial charge in [-0.05, 0) is 56.2 Å². The molecule has 0 aliphatic rings. The minimum absolute atomic E-state index is 0.173. The van der Waals surface area contributed by atoms with Crippen LogP contribution in [0.4, 0.5) is 5.69 Å². The lowest BCUT2D eigenvalue weighted by molar-refractivity contribution is 0.428. The third kappa shape index (κ3) is 4.61. The SMILES string of the molecule is CCc1nnc(Oc2ccc(NS(=O)(=O)c3ccc(C)s3)cc2)nc1CC. The molecule has 0 radical (unpaired) electrons. The second kappa shape index (κ2) is 8.01. The standard InChI is InChI=1S/C18H20N4O3S2/c1-4-15-16(5-2)20-21-18(19-15)25-14-9-7-13(8-10-14)22-27(23,24)17-11-6-12(3)26-17/h6-11,22H,4-5H2,1-3H3. The van der Waals surface area contributed by atoms with Gasteiger partial charge in [0.2, 0.25) is 0 Å². The summed E-state index contributed by atoms with van der Waals surface area (Å²) in [7, 11) is -3.59. The van der Waals surface area contributed by atoms with Gasteiger partial charge in [0.1, 0.15) is 9.96 Å². The van der Waals surface area contributed by atoms with Crippen LogP contribution in [0.3, 0.4) is 0 Å². The van der Waals surface area contributed by atoms with Crippen LogP contribution in [-0.4, -0.2) is 23.6 Å². The Kier molecular flexibility index (Phi) is 5.71. The molecule has 0 fully saturated rings. The van der Waals surface area contributed by atoms with Crippen LogP contribution >= 0.6 is 11.3 Å². The van der Waals surface area contributed by atoms with Gasteiger partial charge in [-0.3, -0.25) is 4.72 Å². The van der Waals surface area contributed by atoms with Crippen molar-refractivity contribution in [2.75, 3.05) is 4.72 Å². The highest BCUT2D eigenvalue weighted by Crippen LogP contribution is 2.25. The first-order valence-electron chi connectivity index (χ1n) is 8.51. The number of benzene rings is 1. The highest BCUT2D eigenvalue weighted by atomic mass is 32.2. The van der Waals surface area contributed by atoms with Gasteiger partial charge in [0.25, 0.3) is 10.0 Å². The molecule has 2 heterocycles. The largest absolute Gasteiger partial charge is 0.423 e. The zero-order chi connectivity index (χ0) is 19.4. The van der Waals surface area contributed by atoms with Gasteiger partial charge in [-0.2, -0.15) is 4.98 Å². The van der Waals surface area contributed by atoms with Crippen LogP contribution in [0.15, 0.2) is 40.6 Å². The second-order valence-corrected chi connectivity index (χ2v) is 8.99.